The zero-order chi connectivity index (χ0) is 29.0. The van der Waals surface area contributed by atoms with Crippen molar-refractivity contribution in [1.82, 2.24) is 0 Å². The van der Waals surface area contributed by atoms with Gasteiger partial charge in [0.25, 0.3) is 0 Å². The summed E-state index contributed by atoms with van der Waals surface area (Å²) in [5.74, 6) is 0.150. The molecule has 4 nitrogen and oxygen atoms in total. The lowest BCUT2D eigenvalue weighted by atomic mass is 10.1. The van der Waals surface area contributed by atoms with Crippen molar-refractivity contribution < 1.29 is 18.8 Å². The lowest BCUT2D eigenvalue weighted by Crippen LogP contribution is -2.45. The third-order valence-corrected chi connectivity index (χ3v) is 16.2. The van der Waals surface area contributed by atoms with Gasteiger partial charge in [-0.1, -0.05) is 86.6 Å². The molecule has 0 spiro atoms. The van der Waals surface area contributed by atoms with E-state index in [-0.39, 0.29) is 34.2 Å². The van der Waals surface area contributed by atoms with Crippen LogP contribution in [0.1, 0.15) is 102 Å². The standard InChI is InChI=1S/C12H26OSi.C11H24O2Si.C6H12O/c1-9-11(10(2)3)13-14(7,8)12(4,5)6;1-8-10(9(2)12)13-14(6,7)11(3,4)5;1-4-6(7)5(2)3/h11H,2,9H2,1,3-8H3;10H,8H2,1-7H3;6-7H,2,4H2,1,3H3/t11-;10-;6-/m111/s1. The van der Waals surface area contributed by atoms with Gasteiger partial charge in [0, 0.05) is 0 Å². The average Bonchev–Trinajstić information content (AvgIpc) is 2.68. The van der Waals surface area contributed by atoms with Crippen molar-refractivity contribution in [3.8, 4) is 0 Å². The summed E-state index contributed by atoms with van der Waals surface area (Å²) in [4.78, 5) is 11.3. The first-order valence-corrected chi connectivity index (χ1v) is 19.1. The van der Waals surface area contributed by atoms with E-state index in [9.17, 15) is 4.79 Å². The van der Waals surface area contributed by atoms with Crippen LogP contribution in [0, 0.1) is 0 Å². The molecule has 0 unspecified atom stereocenters. The SMILES string of the molecule is C=C(C)[C@@H](CC)O[Si](C)(C)C(C)(C)C.C=C(C)[C@H](O)CC.CC[C@@H](O[Si](C)(C)C(C)(C)C)C(C)=O. The van der Waals surface area contributed by atoms with E-state index in [1.807, 2.05) is 20.8 Å². The minimum Gasteiger partial charge on any atom is -0.410 e. The van der Waals surface area contributed by atoms with Crippen molar-refractivity contribution >= 4 is 22.4 Å². The van der Waals surface area contributed by atoms with E-state index in [1.54, 1.807) is 6.92 Å². The highest BCUT2D eigenvalue weighted by molar-refractivity contribution is 6.74. The summed E-state index contributed by atoms with van der Waals surface area (Å²) in [6.45, 7) is 41.5. The van der Waals surface area contributed by atoms with Crippen LogP contribution >= 0.6 is 0 Å². The van der Waals surface area contributed by atoms with E-state index in [0.717, 1.165) is 30.4 Å². The number of hydrogen-bond acceptors (Lipinski definition) is 4. The lowest BCUT2D eigenvalue weighted by molar-refractivity contribution is -0.124. The van der Waals surface area contributed by atoms with Crippen LogP contribution in [0.15, 0.2) is 24.3 Å². The first-order valence-electron chi connectivity index (χ1n) is 13.3. The Hall–Kier alpha value is -0.536. The number of ketones is 1. The van der Waals surface area contributed by atoms with Crippen LogP contribution < -0.4 is 0 Å². The van der Waals surface area contributed by atoms with Gasteiger partial charge in [-0.15, -0.1) is 0 Å². The second kappa shape index (κ2) is 16.3. The number of carbonyl (C=O) groups excluding carboxylic acids is 1. The third kappa shape index (κ3) is 16.0. The van der Waals surface area contributed by atoms with Gasteiger partial charge in [0.05, 0.1) is 12.2 Å². The van der Waals surface area contributed by atoms with Gasteiger partial charge >= 0.3 is 0 Å². The molecular formula is C29H62O4Si2. The highest BCUT2D eigenvalue weighted by atomic mass is 28.4. The molecule has 0 bridgehead atoms. The highest BCUT2D eigenvalue weighted by Crippen LogP contribution is 2.38. The minimum atomic E-state index is -1.77. The number of aliphatic hydroxyl groups is 1. The van der Waals surface area contributed by atoms with E-state index in [1.165, 1.54) is 0 Å². The lowest BCUT2D eigenvalue weighted by Gasteiger charge is -2.39. The third-order valence-electron chi connectivity index (χ3n) is 7.19. The molecule has 0 aromatic rings. The van der Waals surface area contributed by atoms with Crippen LogP contribution in [0.2, 0.25) is 36.3 Å². The Morgan fingerprint density at radius 3 is 1.17 bits per heavy atom. The molecule has 0 fully saturated rings. The van der Waals surface area contributed by atoms with Crippen molar-refractivity contribution in [2.75, 3.05) is 0 Å². The molecule has 0 amide bonds. The van der Waals surface area contributed by atoms with Crippen LogP contribution in [0.5, 0.6) is 0 Å². The number of carbonyl (C=O) groups is 1. The van der Waals surface area contributed by atoms with Gasteiger partial charge in [-0.25, -0.2) is 0 Å². The number of Topliss-reactive ketones (excluding diaryl/α,β-unsaturated/α-hetero) is 1. The summed E-state index contributed by atoms with van der Waals surface area (Å²) in [7, 11) is -3.39. The fourth-order valence-corrected chi connectivity index (χ4v) is 5.23. The predicted octanol–water partition coefficient (Wildman–Crippen LogP) is 9.07. The molecule has 0 radical (unpaired) electrons. The predicted molar refractivity (Wildman–Crippen MR) is 161 cm³/mol. The average molecular weight is 531 g/mol. The van der Waals surface area contributed by atoms with Crippen molar-refractivity contribution in [2.45, 2.75) is 157 Å². The van der Waals surface area contributed by atoms with Crippen LogP contribution in [0.25, 0.3) is 0 Å². The Morgan fingerprint density at radius 2 is 1.03 bits per heavy atom. The van der Waals surface area contributed by atoms with Crippen LogP contribution in [0.3, 0.4) is 0 Å². The van der Waals surface area contributed by atoms with Gasteiger partial charge in [0.1, 0.15) is 6.10 Å². The van der Waals surface area contributed by atoms with Gasteiger partial charge in [0.15, 0.2) is 22.4 Å². The Balaban J connectivity index is -0.000000465. The molecule has 0 saturated carbocycles. The topological polar surface area (TPSA) is 55.8 Å². The zero-order valence-corrected chi connectivity index (χ0v) is 28.4. The summed E-state index contributed by atoms with van der Waals surface area (Å²) >= 11 is 0. The van der Waals surface area contributed by atoms with Gasteiger partial charge < -0.3 is 14.0 Å². The van der Waals surface area contributed by atoms with Crippen molar-refractivity contribution in [3.05, 3.63) is 24.3 Å². The smallest absolute Gasteiger partial charge is 0.193 e. The fraction of sp³-hybridized carbons (Fsp3) is 0.828. The first kappa shape index (κ1) is 39.0. The number of rotatable bonds is 10. The summed E-state index contributed by atoms with van der Waals surface area (Å²) in [6, 6.07) is 0. The van der Waals surface area contributed by atoms with Crippen LogP contribution in [0.4, 0.5) is 0 Å². The summed E-state index contributed by atoms with van der Waals surface area (Å²) < 4.78 is 12.3. The maximum atomic E-state index is 11.3. The van der Waals surface area contributed by atoms with Crippen molar-refractivity contribution in [1.29, 1.82) is 0 Å². The summed E-state index contributed by atoms with van der Waals surface area (Å²) in [5.41, 5.74) is 2.00. The molecule has 0 aromatic heterocycles. The van der Waals surface area contributed by atoms with Crippen molar-refractivity contribution in [2.24, 2.45) is 0 Å². The molecule has 3 atom stereocenters. The first-order chi connectivity index (χ1) is 15.4. The molecule has 0 aliphatic rings. The van der Waals surface area contributed by atoms with Gasteiger partial charge in [-0.3, -0.25) is 4.79 Å². The molecule has 0 saturated heterocycles. The van der Waals surface area contributed by atoms with E-state index in [2.05, 4.69) is 94.7 Å². The van der Waals surface area contributed by atoms with Crippen LogP contribution in [-0.4, -0.2) is 45.8 Å². The van der Waals surface area contributed by atoms with Gasteiger partial charge in [-0.05, 0) is 76.3 Å². The Bertz CT molecular complexity index is 594. The minimum absolute atomic E-state index is 0.150. The second-order valence-corrected chi connectivity index (χ2v) is 22.3. The largest absolute Gasteiger partial charge is 0.410 e. The Labute approximate surface area is 222 Å². The molecule has 0 aromatic carbocycles. The summed E-state index contributed by atoms with van der Waals surface area (Å²) in [6.07, 6.45) is 2.34. The molecular weight excluding hydrogens is 468 g/mol. The van der Waals surface area contributed by atoms with Crippen molar-refractivity contribution in [3.63, 3.8) is 0 Å². The molecule has 0 aliphatic carbocycles. The molecule has 0 aliphatic heterocycles. The highest BCUT2D eigenvalue weighted by Gasteiger charge is 2.40. The number of hydrogen-bond donors (Lipinski definition) is 1. The van der Waals surface area contributed by atoms with Gasteiger partial charge in [-0.2, -0.15) is 0 Å². The zero-order valence-electron chi connectivity index (χ0n) is 26.4. The molecule has 6 heteroatoms. The quantitative estimate of drug-likeness (QED) is 0.226. The Kier molecular flexibility index (Phi) is 18.2. The second-order valence-electron chi connectivity index (χ2n) is 12.8. The van der Waals surface area contributed by atoms with E-state index >= 15 is 0 Å². The monoisotopic (exact) mass is 530 g/mol. The van der Waals surface area contributed by atoms with E-state index in [4.69, 9.17) is 14.0 Å². The molecule has 0 rings (SSSR count). The maximum absolute atomic E-state index is 11.3. The summed E-state index contributed by atoms with van der Waals surface area (Å²) in [5, 5.41) is 9.30. The number of aliphatic hydroxyl groups excluding tert-OH is 1. The van der Waals surface area contributed by atoms with E-state index < -0.39 is 16.6 Å². The molecule has 1 N–H and O–H groups in total. The van der Waals surface area contributed by atoms with Gasteiger partial charge in [0.2, 0.25) is 0 Å². The van der Waals surface area contributed by atoms with Crippen LogP contribution in [-0.2, 0) is 13.6 Å². The normalized spacial score (nSPS) is 15.0. The molecule has 210 valence electrons. The Morgan fingerprint density at radius 1 is 0.714 bits per heavy atom. The maximum Gasteiger partial charge on any atom is 0.193 e. The van der Waals surface area contributed by atoms with E-state index in [0.29, 0.717) is 0 Å². The molecule has 35 heavy (non-hydrogen) atoms. The molecule has 0 heterocycles. The fourth-order valence-electron chi connectivity index (χ4n) is 2.40.